The minimum absolute atomic E-state index is 0.321. The smallest absolute Gasteiger partial charge is 0.258 e. The van der Waals surface area contributed by atoms with E-state index < -0.39 is 11.3 Å². The Balaban J connectivity index is 3.66. The first kappa shape index (κ1) is 9.06. The van der Waals surface area contributed by atoms with E-state index in [-0.39, 0.29) is 5.78 Å². The molecule has 0 aliphatic carbocycles. The molecule has 0 saturated heterocycles. The number of allylic oxidation sites excluding steroid dienone is 2. The van der Waals surface area contributed by atoms with Crippen LogP contribution in [0, 0.1) is 0 Å². The summed E-state index contributed by atoms with van der Waals surface area (Å²) in [5, 5.41) is 0. The monoisotopic (exact) mass is 161 g/mol. The molecule has 0 aromatic heterocycles. The predicted molar refractivity (Wildman–Crippen MR) is 38.3 cm³/mol. The molecule has 0 aliphatic heterocycles. The van der Waals surface area contributed by atoms with Gasteiger partial charge in [-0.1, -0.05) is 6.58 Å². The topological polar surface area (TPSA) is 66.4 Å². The number of hydrogen-bond donors (Lipinski definition) is 2. The van der Waals surface area contributed by atoms with Crippen molar-refractivity contribution in [3.8, 4) is 0 Å². The van der Waals surface area contributed by atoms with Crippen molar-refractivity contribution < 1.29 is 13.6 Å². The minimum Gasteiger partial charge on any atom is -0.290 e. The molecule has 1 atom stereocenters. The van der Waals surface area contributed by atoms with Gasteiger partial charge in [0.2, 0.25) is 0 Å². The summed E-state index contributed by atoms with van der Waals surface area (Å²) in [6, 6.07) is 0. The molecule has 0 bridgehead atoms. The molecule has 0 radical (unpaired) electrons. The fraction of sp³-hybridized carbons (Fsp3) is 0. The SMILES string of the molecule is C=CC(=O)C=CNS(=O)O. The van der Waals surface area contributed by atoms with Crippen molar-refractivity contribution in [3.63, 3.8) is 0 Å². The zero-order valence-electron chi connectivity index (χ0n) is 5.11. The summed E-state index contributed by atoms with van der Waals surface area (Å²) in [4.78, 5) is 10.4. The third-order valence-electron chi connectivity index (χ3n) is 0.618. The maximum Gasteiger partial charge on any atom is 0.258 e. The Bertz CT molecular complexity index is 187. The normalized spacial score (nSPS) is 12.9. The number of nitrogens with one attached hydrogen (secondary N) is 1. The van der Waals surface area contributed by atoms with Gasteiger partial charge in [-0.3, -0.25) is 14.1 Å². The molecular weight excluding hydrogens is 154 g/mol. The molecule has 1 unspecified atom stereocenters. The Hall–Kier alpha value is -0.940. The number of carbonyl (C=O) groups is 1. The van der Waals surface area contributed by atoms with E-state index >= 15 is 0 Å². The molecular formula is C5H7NO3S. The Kier molecular flexibility index (Phi) is 4.43. The van der Waals surface area contributed by atoms with Gasteiger partial charge in [-0.15, -0.1) is 0 Å². The molecule has 0 rings (SSSR count). The number of ketones is 1. The van der Waals surface area contributed by atoms with Gasteiger partial charge in [-0.25, -0.2) is 4.21 Å². The van der Waals surface area contributed by atoms with Crippen LogP contribution in [0.3, 0.4) is 0 Å². The first-order valence-electron chi connectivity index (χ1n) is 2.37. The van der Waals surface area contributed by atoms with Gasteiger partial charge in [0.1, 0.15) is 0 Å². The second-order valence-corrected chi connectivity index (χ2v) is 2.04. The fourth-order valence-corrected chi connectivity index (χ4v) is 0.427. The highest BCUT2D eigenvalue weighted by Gasteiger charge is 1.85. The summed E-state index contributed by atoms with van der Waals surface area (Å²) in [5.74, 6) is -0.321. The summed E-state index contributed by atoms with van der Waals surface area (Å²) >= 11 is -2.11. The van der Waals surface area contributed by atoms with Crippen molar-refractivity contribution in [1.82, 2.24) is 4.72 Å². The van der Waals surface area contributed by atoms with Crippen molar-refractivity contribution in [2.75, 3.05) is 0 Å². The molecule has 5 heteroatoms. The van der Waals surface area contributed by atoms with Crippen LogP contribution in [0.5, 0.6) is 0 Å². The Labute approximate surface area is 61.0 Å². The van der Waals surface area contributed by atoms with Crippen molar-refractivity contribution in [1.29, 1.82) is 0 Å². The van der Waals surface area contributed by atoms with Crippen LogP contribution in [0.2, 0.25) is 0 Å². The predicted octanol–water partition coefficient (Wildman–Crippen LogP) is -0.0185. The lowest BCUT2D eigenvalue weighted by Gasteiger charge is -1.87. The summed E-state index contributed by atoms with van der Waals surface area (Å²) in [5.41, 5.74) is 0. The zero-order chi connectivity index (χ0) is 7.98. The molecule has 0 saturated carbocycles. The van der Waals surface area contributed by atoms with Crippen molar-refractivity contribution in [3.05, 3.63) is 24.9 Å². The molecule has 0 amide bonds. The van der Waals surface area contributed by atoms with Crippen LogP contribution in [0.1, 0.15) is 0 Å². The van der Waals surface area contributed by atoms with Gasteiger partial charge in [0.05, 0.1) is 0 Å². The molecule has 4 nitrogen and oxygen atoms in total. The van der Waals surface area contributed by atoms with E-state index in [1.54, 1.807) is 0 Å². The van der Waals surface area contributed by atoms with Gasteiger partial charge < -0.3 is 0 Å². The van der Waals surface area contributed by atoms with Crippen molar-refractivity contribution in [2.45, 2.75) is 0 Å². The van der Waals surface area contributed by atoms with E-state index in [4.69, 9.17) is 4.55 Å². The Morgan fingerprint density at radius 1 is 1.70 bits per heavy atom. The van der Waals surface area contributed by atoms with Crippen LogP contribution in [-0.2, 0) is 16.1 Å². The lowest BCUT2D eigenvalue weighted by Crippen LogP contribution is -2.07. The summed E-state index contributed by atoms with van der Waals surface area (Å²) in [6.45, 7) is 3.19. The molecule has 10 heavy (non-hydrogen) atoms. The molecule has 0 fully saturated rings. The highest BCUT2D eigenvalue weighted by Crippen LogP contribution is 1.75. The average molecular weight is 161 g/mol. The van der Waals surface area contributed by atoms with E-state index in [0.29, 0.717) is 0 Å². The third kappa shape index (κ3) is 5.20. The van der Waals surface area contributed by atoms with Crippen LogP contribution in [0.4, 0.5) is 0 Å². The second kappa shape index (κ2) is 4.89. The molecule has 2 N–H and O–H groups in total. The van der Waals surface area contributed by atoms with Crippen molar-refractivity contribution >= 4 is 17.0 Å². The first-order valence-corrected chi connectivity index (χ1v) is 3.47. The van der Waals surface area contributed by atoms with Gasteiger partial charge in [0, 0.05) is 12.3 Å². The summed E-state index contributed by atoms with van der Waals surface area (Å²) in [7, 11) is 0. The van der Waals surface area contributed by atoms with Crippen LogP contribution in [-0.4, -0.2) is 14.5 Å². The molecule has 0 aliphatic rings. The number of carbonyl (C=O) groups excluding carboxylic acids is 1. The standard InChI is InChI=1S/C5H7NO3S/c1-2-5(7)3-4-6-10(8)9/h2-4,6H,1H2,(H,8,9). The summed E-state index contributed by atoms with van der Waals surface area (Å²) in [6.07, 6.45) is 3.28. The molecule has 0 heterocycles. The maximum absolute atomic E-state index is 10.4. The molecule has 56 valence electrons. The quantitative estimate of drug-likeness (QED) is 0.450. The van der Waals surface area contributed by atoms with Crippen LogP contribution < -0.4 is 4.72 Å². The number of hydrogen-bond acceptors (Lipinski definition) is 2. The first-order chi connectivity index (χ1) is 4.66. The van der Waals surface area contributed by atoms with Gasteiger partial charge in [0.15, 0.2) is 5.78 Å². The van der Waals surface area contributed by atoms with E-state index in [0.717, 1.165) is 18.4 Å². The van der Waals surface area contributed by atoms with Gasteiger partial charge in [-0.2, -0.15) is 0 Å². The Morgan fingerprint density at radius 2 is 2.30 bits per heavy atom. The van der Waals surface area contributed by atoms with Crippen molar-refractivity contribution in [2.24, 2.45) is 0 Å². The average Bonchev–Trinajstić information content (AvgIpc) is 1.87. The lowest BCUT2D eigenvalue weighted by molar-refractivity contribution is -0.110. The van der Waals surface area contributed by atoms with E-state index in [2.05, 4.69) is 6.58 Å². The Morgan fingerprint density at radius 3 is 2.70 bits per heavy atom. The van der Waals surface area contributed by atoms with Gasteiger partial charge in [0.25, 0.3) is 11.3 Å². The van der Waals surface area contributed by atoms with Gasteiger partial charge >= 0.3 is 0 Å². The van der Waals surface area contributed by atoms with E-state index in [1.165, 1.54) is 0 Å². The third-order valence-corrected chi connectivity index (χ3v) is 0.955. The summed E-state index contributed by atoms with van der Waals surface area (Å²) < 4.78 is 20.0. The largest absolute Gasteiger partial charge is 0.290 e. The van der Waals surface area contributed by atoms with E-state index in [9.17, 15) is 9.00 Å². The highest BCUT2D eigenvalue weighted by atomic mass is 32.2. The highest BCUT2D eigenvalue weighted by molar-refractivity contribution is 7.77. The van der Waals surface area contributed by atoms with Gasteiger partial charge in [-0.05, 0) is 6.08 Å². The molecule has 0 aromatic carbocycles. The lowest BCUT2D eigenvalue weighted by atomic mass is 10.4. The van der Waals surface area contributed by atoms with Crippen LogP contribution >= 0.6 is 0 Å². The zero-order valence-corrected chi connectivity index (χ0v) is 5.93. The molecule has 0 aromatic rings. The minimum atomic E-state index is -2.11. The number of rotatable bonds is 4. The fourth-order valence-electron chi connectivity index (χ4n) is 0.242. The molecule has 0 spiro atoms. The second-order valence-electron chi connectivity index (χ2n) is 1.31. The van der Waals surface area contributed by atoms with Crippen LogP contribution in [0.25, 0.3) is 0 Å². The van der Waals surface area contributed by atoms with E-state index in [1.807, 2.05) is 4.72 Å². The van der Waals surface area contributed by atoms with Crippen LogP contribution in [0.15, 0.2) is 24.9 Å². The maximum atomic E-state index is 10.4.